The van der Waals surface area contributed by atoms with Crippen molar-refractivity contribution >= 4 is 12.4 Å². The number of halogens is 1. The van der Waals surface area contributed by atoms with Crippen LogP contribution in [0.25, 0.3) is 0 Å². The van der Waals surface area contributed by atoms with Gasteiger partial charge in [-0.05, 0) is 79.8 Å². The summed E-state index contributed by atoms with van der Waals surface area (Å²) in [4.78, 5) is 2.62. The van der Waals surface area contributed by atoms with Gasteiger partial charge in [-0.3, -0.25) is 0 Å². The third-order valence-corrected chi connectivity index (χ3v) is 6.48. The summed E-state index contributed by atoms with van der Waals surface area (Å²) >= 11 is 0. The Balaban J connectivity index is 0.00000225. The molecular formula is C24H32ClNO2. The third kappa shape index (κ3) is 4.71. The van der Waals surface area contributed by atoms with Crippen LogP contribution in [0.4, 0.5) is 0 Å². The van der Waals surface area contributed by atoms with Gasteiger partial charge in [0.15, 0.2) is 0 Å². The Kier molecular flexibility index (Phi) is 7.39. The first-order valence-corrected chi connectivity index (χ1v) is 10.4. The molecule has 0 radical (unpaired) electrons. The first kappa shape index (κ1) is 21.2. The third-order valence-electron chi connectivity index (χ3n) is 6.48. The van der Waals surface area contributed by atoms with Gasteiger partial charge < -0.3 is 14.7 Å². The molecule has 1 heterocycles. The van der Waals surface area contributed by atoms with E-state index in [0.29, 0.717) is 11.8 Å². The Morgan fingerprint density at radius 1 is 1.00 bits per heavy atom. The first-order chi connectivity index (χ1) is 13.2. The summed E-state index contributed by atoms with van der Waals surface area (Å²) in [6.45, 7) is 3.44. The lowest BCUT2D eigenvalue weighted by molar-refractivity contribution is 0.117. The zero-order valence-corrected chi connectivity index (χ0v) is 17.5. The van der Waals surface area contributed by atoms with Crippen molar-refractivity contribution in [2.75, 3.05) is 26.7 Å². The van der Waals surface area contributed by atoms with Crippen LogP contribution in [0.3, 0.4) is 0 Å². The maximum Gasteiger partial charge on any atom is 0.122 e. The Hall–Kier alpha value is -1.55. The second-order valence-corrected chi connectivity index (χ2v) is 8.17. The van der Waals surface area contributed by atoms with Gasteiger partial charge in [0.2, 0.25) is 0 Å². The maximum absolute atomic E-state index is 10.8. The number of hydrogen-bond donors (Lipinski definition) is 1. The number of benzene rings is 2. The van der Waals surface area contributed by atoms with Crippen LogP contribution in [0.1, 0.15) is 54.4 Å². The standard InChI is InChI=1S/C24H31NO2.ClH/c1-27-24-9-5-8-21-22(24)11-10-18(16-23(21)26)17-25-14-12-20(13-15-25)19-6-3-2-4-7-19;/h2-9,18,20,23,26H,10-17H2,1H3;1H. The van der Waals surface area contributed by atoms with Crippen molar-refractivity contribution in [1.29, 1.82) is 0 Å². The number of hydrogen-bond acceptors (Lipinski definition) is 3. The van der Waals surface area contributed by atoms with E-state index >= 15 is 0 Å². The van der Waals surface area contributed by atoms with Crippen LogP contribution >= 0.6 is 12.4 Å². The predicted octanol–water partition coefficient (Wildman–Crippen LogP) is 4.98. The van der Waals surface area contributed by atoms with Crippen molar-refractivity contribution in [3.8, 4) is 5.75 Å². The molecule has 0 saturated carbocycles. The number of nitrogens with zero attached hydrogens (tertiary/aromatic N) is 1. The summed E-state index contributed by atoms with van der Waals surface area (Å²) in [6, 6.07) is 17.0. The topological polar surface area (TPSA) is 32.7 Å². The van der Waals surface area contributed by atoms with E-state index in [2.05, 4.69) is 41.3 Å². The minimum absolute atomic E-state index is 0. The number of likely N-dealkylation sites (tertiary alicyclic amines) is 1. The zero-order valence-electron chi connectivity index (χ0n) is 16.7. The summed E-state index contributed by atoms with van der Waals surface area (Å²) in [5.41, 5.74) is 3.77. The molecule has 152 valence electrons. The average molecular weight is 402 g/mol. The van der Waals surface area contributed by atoms with Crippen molar-refractivity contribution in [2.45, 2.75) is 44.1 Å². The highest BCUT2D eigenvalue weighted by atomic mass is 35.5. The number of aliphatic hydroxyl groups excluding tert-OH is 1. The molecule has 4 rings (SSSR count). The van der Waals surface area contributed by atoms with Gasteiger partial charge in [0.1, 0.15) is 5.75 Å². The summed E-state index contributed by atoms with van der Waals surface area (Å²) in [5.74, 6) is 2.18. The molecule has 2 aromatic rings. The van der Waals surface area contributed by atoms with E-state index in [-0.39, 0.29) is 18.5 Å². The van der Waals surface area contributed by atoms with Gasteiger partial charge in [-0.2, -0.15) is 0 Å². The molecule has 2 aromatic carbocycles. The van der Waals surface area contributed by atoms with Crippen LogP contribution in [-0.4, -0.2) is 36.8 Å². The molecule has 2 aliphatic rings. The second-order valence-electron chi connectivity index (χ2n) is 8.17. The molecule has 1 aliphatic carbocycles. The van der Waals surface area contributed by atoms with E-state index in [0.717, 1.165) is 37.1 Å². The van der Waals surface area contributed by atoms with Crippen LogP contribution in [0.15, 0.2) is 48.5 Å². The Bertz CT molecular complexity index is 744. The molecule has 0 aromatic heterocycles. The van der Waals surface area contributed by atoms with E-state index in [4.69, 9.17) is 4.74 Å². The molecular weight excluding hydrogens is 370 g/mol. The Morgan fingerprint density at radius 2 is 1.75 bits per heavy atom. The fourth-order valence-corrected chi connectivity index (χ4v) is 4.97. The molecule has 2 unspecified atom stereocenters. The fraction of sp³-hybridized carbons (Fsp3) is 0.500. The molecule has 2 atom stereocenters. The van der Waals surface area contributed by atoms with E-state index < -0.39 is 0 Å². The van der Waals surface area contributed by atoms with E-state index in [1.54, 1.807) is 7.11 Å². The van der Waals surface area contributed by atoms with Gasteiger partial charge in [0.25, 0.3) is 0 Å². The van der Waals surface area contributed by atoms with Crippen molar-refractivity contribution < 1.29 is 9.84 Å². The van der Waals surface area contributed by atoms with E-state index in [1.807, 2.05) is 12.1 Å². The second kappa shape index (κ2) is 9.78. The van der Waals surface area contributed by atoms with E-state index in [1.165, 1.54) is 37.1 Å². The number of rotatable bonds is 4. The lowest BCUT2D eigenvalue weighted by Crippen LogP contribution is -2.36. The van der Waals surface area contributed by atoms with Crippen LogP contribution in [-0.2, 0) is 6.42 Å². The van der Waals surface area contributed by atoms with Gasteiger partial charge in [-0.15, -0.1) is 12.4 Å². The molecule has 0 spiro atoms. The smallest absolute Gasteiger partial charge is 0.122 e. The van der Waals surface area contributed by atoms with Crippen LogP contribution in [0, 0.1) is 5.92 Å². The summed E-state index contributed by atoms with van der Waals surface area (Å²) < 4.78 is 5.53. The highest BCUT2D eigenvalue weighted by molar-refractivity contribution is 5.85. The molecule has 1 fully saturated rings. The van der Waals surface area contributed by atoms with Crippen molar-refractivity contribution in [3.05, 3.63) is 65.2 Å². The largest absolute Gasteiger partial charge is 0.496 e. The number of fused-ring (bicyclic) bond motifs is 1. The predicted molar refractivity (Wildman–Crippen MR) is 116 cm³/mol. The SMILES string of the molecule is COc1cccc2c1CCC(CN1CCC(c3ccccc3)CC1)CC2O.Cl. The normalized spacial score (nSPS) is 23.4. The van der Waals surface area contributed by atoms with Gasteiger partial charge in [0.05, 0.1) is 13.2 Å². The Labute approximate surface area is 175 Å². The van der Waals surface area contributed by atoms with Crippen LogP contribution < -0.4 is 4.74 Å². The van der Waals surface area contributed by atoms with Crippen LogP contribution in [0.5, 0.6) is 5.75 Å². The van der Waals surface area contributed by atoms with Crippen LogP contribution in [0.2, 0.25) is 0 Å². The van der Waals surface area contributed by atoms with Crippen molar-refractivity contribution in [2.24, 2.45) is 5.92 Å². The van der Waals surface area contributed by atoms with Crippen molar-refractivity contribution in [1.82, 2.24) is 4.90 Å². The number of ether oxygens (including phenoxy) is 1. The highest BCUT2D eigenvalue weighted by Crippen LogP contribution is 2.37. The molecule has 1 aliphatic heterocycles. The van der Waals surface area contributed by atoms with Gasteiger partial charge >= 0.3 is 0 Å². The molecule has 1 saturated heterocycles. The van der Waals surface area contributed by atoms with E-state index in [9.17, 15) is 5.11 Å². The van der Waals surface area contributed by atoms with Gasteiger partial charge in [-0.25, -0.2) is 0 Å². The first-order valence-electron chi connectivity index (χ1n) is 10.4. The monoisotopic (exact) mass is 401 g/mol. The quantitative estimate of drug-likeness (QED) is 0.733. The van der Waals surface area contributed by atoms with Crippen molar-refractivity contribution in [3.63, 3.8) is 0 Å². The summed E-state index contributed by atoms with van der Waals surface area (Å²) in [6.07, 6.45) is 5.11. The minimum atomic E-state index is -0.371. The molecule has 28 heavy (non-hydrogen) atoms. The summed E-state index contributed by atoms with van der Waals surface area (Å²) in [5, 5.41) is 10.8. The summed E-state index contributed by atoms with van der Waals surface area (Å²) in [7, 11) is 1.72. The molecule has 0 amide bonds. The number of methoxy groups -OCH3 is 1. The Morgan fingerprint density at radius 3 is 2.46 bits per heavy atom. The fourth-order valence-electron chi connectivity index (χ4n) is 4.97. The molecule has 0 bridgehead atoms. The zero-order chi connectivity index (χ0) is 18.6. The lowest BCUT2D eigenvalue weighted by Gasteiger charge is -2.34. The molecule has 4 heteroatoms. The maximum atomic E-state index is 10.8. The van der Waals surface area contributed by atoms with Gasteiger partial charge in [0, 0.05) is 6.54 Å². The van der Waals surface area contributed by atoms with Gasteiger partial charge in [-0.1, -0.05) is 42.5 Å². The number of piperidine rings is 1. The number of aliphatic hydroxyl groups is 1. The lowest BCUT2D eigenvalue weighted by atomic mass is 9.88. The highest BCUT2D eigenvalue weighted by Gasteiger charge is 2.28. The average Bonchev–Trinajstić information content (AvgIpc) is 2.88. The minimum Gasteiger partial charge on any atom is -0.496 e. The molecule has 3 nitrogen and oxygen atoms in total. The molecule has 1 N–H and O–H groups in total.